The Morgan fingerprint density at radius 2 is 1.76 bits per heavy atom. The van der Waals surface area contributed by atoms with E-state index in [-0.39, 0.29) is 0 Å². The molecule has 0 aromatic heterocycles. The van der Waals surface area contributed by atoms with Gasteiger partial charge >= 0.3 is 11.8 Å². The fraction of sp³-hybridized carbons (Fsp3) is 0.750. The summed E-state index contributed by atoms with van der Waals surface area (Å²) in [7, 11) is 0. The second-order valence-electron chi connectivity index (χ2n) is 4.92. The zero-order chi connectivity index (χ0) is 13.1. The van der Waals surface area contributed by atoms with E-state index < -0.39 is 17.2 Å². The predicted octanol–water partition coefficient (Wildman–Crippen LogP) is 0.617. The third kappa shape index (κ3) is 3.19. The Hall–Kier alpha value is -1.57. The number of amides is 2. The number of hydrogen-bond acceptors (Lipinski definition) is 3. The van der Waals surface area contributed by atoms with E-state index >= 15 is 0 Å². The van der Waals surface area contributed by atoms with Crippen LogP contribution in [0.2, 0.25) is 0 Å². The van der Waals surface area contributed by atoms with Gasteiger partial charge in [-0.3, -0.25) is 9.59 Å². The molecule has 5 nitrogen and oxygen atoms in total. The number of rotatable bonds is 4. The van der Waals surface area contributed by atoms with Gasteiger partial charge in [-0.25, -0.2) is 0 Å². The van der Waals surface area contributed by atoms with Gasteiger partial charge in [0.25, 0.3) is 0 Å². The highest BCUT2D eigenvalue weighted by Gasteiger charge is 2.32. The minimum Gasteiger partial charge on any atom is -0.333 e. The molecule has 1 rings (SSSR count). The molecule has 0 bridgehead atoms. The van der Waals surface area contributed by atoms with Crippen molar-refractivity contribution >= 4 is 11.8 Å². The molecule has 0 atom stereocenters. The van der Waals surface area contributed by atoms with Crippen LogP contribution in [0.1, 0.15) is 27.2 Å². The number of nitrogens with zero attached hydrogens (tertiary/aromatic N) is 3. The number of likely N-dealkylation sites (N-methyl/N-ethyl adjacent to an activating group) is 1. The van der Waals surface area contributed by atoms with Crippen molar-refractivity contribution in [2.45, 2.75) is 27.2 Å². The van der Waals surface area contributed by atoms with E-state index in [0.717, 1.165) is 0 Å². The van der Waals surface area contributed by atoms with Crippen LogP contribution < -0.4 is 0 Å². The summed E-state index contributed by atoms with van der Waals surface area (Å²) in [5.74, 6) is -0.861. The highest BCUT2D eigenvalue weighted by atomic mass is 16.2. The van der Waals surface area contributed by atoms with Gasteiger partial charge in [-0.05, 0) is 27.2 Å². The first-order valence-corrected chi connectivity index (χ1v) is 5.90. The number of nitriles is 1. The van der Waals surface area contributed by atoms with Gasteiger partial charge in [0, 0.05) is 26.2 Å². The molecule has 2 amide bonds. The monoisotopic (exact) mass is 237 g/mol. The van der Waals surface area contributed by atoms with Crippen molar-refractivity contribution in [2.75, 3.05) is 26.2 Å². The van der Waals surface area contributed by atoms with Crippen LogP contribution in [0, 0.1) is 16.7 Å². The van der Waals surface area contributed by atoms with Gasteiger partial charge in [-0.15, -0.1) is 0 Å². The summed E-state index contributed by atoms with van der Waals surface area (Å²) in [4.78, 5) is 26.5. The Labute approximate surface area is 102 Å². The van der Waals surface area contributed by atoms with Gasteiger partial charge in [-0.2, -0.15) is 5.26 Å². The summed E-state index contributed by atoms with van der Waals surface area (Å²) in [6, 6.07) is 2.19. The Balaban J connectivity index is 2.56. The molecular weight excluding hydrogens is 218 g/mol. The molecule has 0 aromatic carbocycles. The molecule has 0 N–H and O–H groups in total. The first-order chi connectivity index (χ1) is 7.91. The van der Waals surface area contributed by atoms with E-state index in [1.54, 1.807) is 9.80 Å². The van der Waals surface area contributed by atoms with Crippen LogP contribution >= 0.6 is 0 Å². The zero-order valence-corrected chi connectivity index (χ0v) is 10.7. The van der Waals surface area contributed by atoms with Crippen LogP contribution in [0.5, 0.6) is 0 Å². The van der Waals surface area contributed by atoms with E-state index in [0.29, 0.717) is 32.6 Å². The highest BCUT2D eigenvalue weighted by Crippen LogP contribution is 2.19. The lowest BCUT2D eigenvalue weighted by Gasteiger charge is -2.34. The van der Waals surface area contributed by atoms with Crippen LogP contribution in [0.3, 0.4) is 0 Å². The van der Waals surface area contributed by atoms with Crippen molar-refractivity contribution in [2.24, 2.45) is 5.41 Å². The Kier molecular flexibility index (Phi) is 4.11. The lowest BCUT2D eigenvalue weighted by atomic mass is 9.91. The van der Waals surface area contributed by atoms with Crippen LogP contribution in [-0.4, -0.2) is 47.8 Å². The van der Waals surface area contributed by atoms with E-state index in [9.17, 15) is 9.59 Å². The van der Waals surface area contributed by atoms with E-state index in [1.165, 1.54) is 0 Å². The molecule has 1 aliphatic rings. The number of carbonyl (C=O) groups excluding carboxylic acids is 2. The SMILES string of the molecule is CCN1CCN(CCC(C)(C)C#N)C(=O)C1=O. The minimum atomic E-state index is -0.453. The van der Waals surface area contributed by atoms with Gasteiger partial charge in [0.05, 0.1) is 11.5 Å². The van der Waals surface area contributed by atoms with Gasteiger partial charge in [0.2, 0.25) is 0 Å². The van der Waals surface area contributed by atoms with Crippen molar-refractivity contribution in [3.05, 3.63) is 0 Å². The molecule has 1 heterocycles. The molecule has 17 heavy (non-hydrogen) atoms. The maximum Gasteiger partial charge on any atom is 0.312 e. The maximum atomic E-state index is 11.8. The summed E-state index contributed by atoms with van der Waals surface area (Å²) in [6.45, 7) is 7.74. The molecule has 0 saturated carbocycles. The molecular formula is C12H19N3O2. The molecule has 94 valence electrons. The largest absolute Gasteiger partial charge is 0.333 e. The first-order valence-electron chi connectivity index (χ1n) is 5.90. The van der Waals surface area contributed by atoms with Gasteiger partial charge < -0.3 is 9.80 Å². The summed E-state index contributed by atoms with van der Waals surface area (Å²) >= 11 is 0. The van der Waals surface area contributed by atoms with Crippen molar-refractivity contribution in [3.63, 3.8) is 0 Å². The van der Waals surface area contributed by atoms with Gasteiger partial charge in [0.1, 0.15) is 0 Å². The maximum absolute atomic E-state index is 11.8. The fourth-order valence-electron chi connectivity index (χ4n) is 1.70. The third-order valence-electron chi connectivity index (χ3n) is 3.09. The summed E-state index contributed by atoms with van der Waals surface area (Å²) in [5.41, 5.74) is -0.453. The van der Waals surface area contributed by atoms with Crippen LogP contribution in [0.25, 0.3) is 0 Å². The second-order valence-corrected chi connectivity index (χ2v) is 4.92. The zero-order valence-electron chi connectivity index (χ0n) is 10.7. The van der Waals surface area contributed by atoms with Gasteiger partial charge in [0.15, 0.2) is 0 Å². The number of carbonyl (C=O) groups is 2. The lowest BCUT2D eigenvalue weighted by Crippen LogP contribution is -2.54. The van der Waals surface area contributed by atoms with Crippen molar-refractivity contribution in [1.82, 2.24) is 9.80 Å². The molecule has 1 fully saturated rings. The van der Waals surface area contributed by atoms with Crippen molar-refractivity contribution in [3.8, 4) is 6.07 Å². The Bertz CT molecular complexity index is 357. The second kappa shape index (κ2) is 5.17. The quantitative estimate of drug-likeness (QED) is 0.673. The summed E-state index contributed by atoms with van der Waals surface area (Å²) in [6.07, 6.45) is 0.592. The van der Waals surface area contributed by atoms with Crippen LogP contribution in [-0.2, 0) is 9.59 Å². The van der Waals surface area contributed by atoms with Crippen molar-refractivity contribution in [1.29, 1.82) is 5.26 Å². The smallest absolute Gasteiger partial charge is 0.312 e. The first kappa shape index (κ1) is 13.5. The molecule has 0 unspecified atom stereocenters. The van der Waals surface area contributed by atoms with Crippen molar-refractivity contribution < 1.29 is 9.59 Å². The summed E-state index contributed by atoms with van der Waals surface area (Å²) in [5, 5.41) is 8.89. The Morgan fingerprint density at radius 1 is 1.24 bits per heavy atom. The highest BCUT2D eigenvalue weighted by molar-refractivity contribution is 6.35. The standard InChI is InChI=1S/C12H19N3O2/c1-4-14-7-8-15(11(17)10(14)16)6-5-12(2,3)9-13/h4-8H2,1-3H3. The normalized spacial score (nSPS) is 17.3. The van der Waals surface area contributed by atoms with E-state index in [1.807, 2.05) is 20.8 Å². The topological polar surface area (TPSA) is 64.4 Å². The van der Waals surface area contributed by atoms with Gasteiger partial charge in [-0.1, -0.05) is 0 Å². The van der Waals surface area contributed by atoms with E-state index in [4.69, 9.17) is 5.26 Å². The van der Waals surface area contributed by atoms with Crippen LogP contribution in [0.4, 0.5) is 0 Å². The molecule has 0 aromatic rings. The fourth-order valence-corrected chi connectivity index (χ4v) is 1.70. The molecule has 0 radical (unpaired) electrons. The predicted molar refractivity (Wildman–Crippen MR) is 62.8 cm³/mol. The molecule has 0 aliphatic carbocycles. The summed E-state index contributed by atoms with van der Waals surface area (Å²) < 4.78 is 0. The third-order valence-corrected chi connectivity index (χ3v) is 3.09. The Morgan fingerprint density at radius 3 is 2.29 bits per heavy atom. The number of hydrogen-bond donors (Lipinski definition) is 0. The molecule has 1 aliphatic heterocycles. The average Bonchev–Trinajstić information content (AvgIpc) is 2.31. The number of piperazine rings is 1. The van der Waals surface area contributed by atoms with E-state index in [2.05, 4.69) is 6.07 Å². The average molecular weight is 237 g/mol. The minimum absolute atomic E-state index is 0.423. The molecule has 5 heteroatoms. The van der Waals surface area contributed by atoms with Crippen LogP contribution in [0.15, 0.2) is 0 Å². The lowest BCUT2D eigenvalue weighted by molar-refractivity contribution is -0.156. The molecule has 0 spiro atoms. The molecule has 1 saturated heterocycles.